The number of fused-ring (bicyclic) bond motifs is 2. The average molecular weight is 338 g/mol. The van der Waals surface area contributed by atoms with Crippen LogP contribution in [0.2, 0.25) is 0 Å². The summed E-state index contributed by atoms with van der Waals surface area (Å²) in [4.78, 5) is 16.7. The summed E-state index contributed by atoms with van der Waals surface area (Å²) in [6.45, 7) is 2.96. The van der Waals surface area contributed by atoms with Crippen molar-refractivity contribution in [3.63, 3.8) is 0 Å². The predicted molar refractivity (Wildman–Crippen MR) is 91.8 cm³/mol. The smallest absolute Gasteiger partial charge is 0.256 e. The van der Waals surface area contributed by atoms with Gasteiger partial charge in [-0.05, 0) is 30.7 Å². The van der Waals surface area contributed by atoms with Crippen LogP contribution in [0.15, 0.2) is 36.7 Å². The van der Waals surface area contributed by atoms with Crippen molar-refractivity contribution in [2.45, 2.75) is 19.8 Å². The van der Waals surface area contributed by atoms with Crippen molar-refractivity contribution in [2.24, 2.45) is 0 Å². The van der Waals surface area contributed by atoms with Crippen molar-refractivity contribution in [1.29, 1.82) is 0 Å². The van der Waals surface area contributed by atoms with Crippen LogP contribution < -0.4 is 14.8 Å². The molecule has 0 saturated heterocycles. The minimum atomic E-state index is -0.154. The van der Waals surface area contributed by atoms with Crippen molar-refractivity contribution in [3.05, 3.63) is 42.2 Å². The molecule has 7 nitrogen and oxygen atoms in total. The molecule has 128 valence electrons. The Labute approximate surface area is 144 Å². The molecule has 0 unspecified atom stereocenters. The maximum absolute atomic E-state index is 12.4. The summed E-state index contributed by atoms with van der Waals surface area (Å²) in [5.74, 6) is 1.27. The normalized spacial score (nSPS) is 12.5. The molecule has 1 aliphatic rings. The molecular formula is C18H18N4O3. The first kappa shape index (κ1) is 15.4. The zero-order chi connectivity index (χ0) is 17.2. The maximum Gasteiger partial charge on any atom is 0.256 e. The number of carbonyl (C=O) groups is 1. The van der Waals surface area contributed by atoms with E-state index in [0.29, 0.717) is 23.5 Å². The summed E-state index contributed by atoms with van der Waals surface area (Å²) in [6.07, 6.45) is 5.21. The van der Waals surface area contributed by atoms with Crippen molar-refractivity contribution in [2.75, 3.05) is 13.3 Å². The second kappa shape index (κ2) is 6.43. The number of ether oxygens (including phenoxy) is 2. The van der Waals surface area contributed by atoms with Crippen LogP contribution >= 0.6 is 0 Å². The molecule has 1 aromatic carbocycles. The van der Waals surface area contributed by atoms with Gasteiger partial charge in [0.1, 0.15) is 5.56 Å². The summed E-state index contributed by atoms with van der Waals surface area (Å²) >= 11 is 0. The quantitative estimate of drug-likeness (QED) is 0.724. The van der Waals surface area contributed by atoms with Crippen LogP contribution in [0.5, 0.6) is 11.5 Å². The second-order valence-corrected chi connectivity index (χ2v) is 5.80. The SMILES string of the molecule is CCCCNC(=O)c1cnn2c(-c3ccc4c(c3)OCO4)ccnc12. The van der Waals surface area contributed by atoms with Gasteiger partial charge in [0.25, 0.3) is 5.91 Å². The molecule has 4 rings (SSSR count). The lowest BCUT2D eigenvalue weighted by Crippen LogP contribution is -2.24. The number of aromatic nitrogens is 3. The number of hydrogen-bond acceptors (Lipinski definition) is 5. The van der Waals surface area contributed by atoms with Gasteiger partial charge >= 0.3 is 0 Å². The first-order chi connectivity index (χ1) is 12.3. The van der Waals surface area contributed by atoms with Crippen molar-refractivity contribution in [1.82, 2.24) is 19.9 Å². The topological polar surface area (TPSA) is 77.8 Å². The molecule has 0 bridgehead atoms. The monoisotopic (exact) mass is 338 g/mol. The molecule has 1 N–H and O–H groups in total. The van der Waals surface area contributed by atoms with E-state index in [2.05, 4.69) is 22.3 Å². The molecule has 0 aliphatic carbocycles. The summed E-state index contributed by atoms with van der Waals surface area (Å²) in [5, 5.41) is 7.26. The van der Waals surface area contributed by atoms with Crippen LogP contribution in [0.4, 0.5) is 0 Å². The number of amides is 1. The molecule has 0 radical (unpaired) electrons. The van der Waals surface area contributed by atoms with Gasteiger partial charge in [-0.25, -0.2) is 9.50 Å². The average Bonchev–Trinajstić information content (AvgIpc) is 3.27. The molecular weight excluding hydrogens is 320 g/mol. The Hall–Kier alpha value is -3.09. The van der Waals surface area contributed by atoms with Gasteiger partial charge in [0.05, 0.1) is 11.9 Å². The van der Waals surface area contributed by atoms with Crippen LogP contribution in [0.25, 0.3) is 16.9 Å². The first-order valence-electron chi connectivity index (χ1n) is 8.29. The third-order valence-electron chi connectivity index (χ3n) is 4.13. The molecule has 0 spiro atoms. The summed E-state index contributed by atoms with van der Waals surface area (Å²) in [7, 11) is 0. The van der Waals surface area contributed by atoms with Crippen LogP contribution in [-0.4, -0.2) is 33.8 Å². The van der Waals surface area contributed by atoms with Crippen LogP contribution in [0, 0.1) is 0 Å². The molecule has 0 atom stereocenters. The molecule has 3 heterocycles. The van der Waals surface area contributed by atoms with Crippen molar-refractivity contribution < 1.29 is 14.3 Å². The number of unbranched alkanes of at least 4 members (excludes halogenated alkanes) is 1. The van der Waals surface area contributed by atoms with Gasteiger partial charge in [-0.1, -0.05) is 13.3 Å². The molecule has 7 heteroatoms. The third kappa shape index (κ3) is 2.77. The van der Waals surface area contributed by atoms with E-state index in [1.54, 1.807) is 16.9 Å². The zero-order valence-corrected chi connectivity index (χ0v) is 13.9. The van der Waals surface area contributed by atoms with Crippen LogP contribution in [0.3, 0.4) is 0 Å². The minimum absolute atomic E-state index is 0.154. The van der Waals surface area contributed by atoms with E-state index in [1.807, 2.05) is 24.3 Å². The van der Waals surface area contributed by atoms with Gasteiger partial charge in [0.2, 0.25) is 6.79 Å². The zero-order valence-electron chi connectivity index (χ0n) is 13.9. The fraction of sp³-hybridized carbons (Fsp3) is 0.278. The molecule has 2 aromatic heterocycles. The van der Waals surface area contributed by atoms with Crippen LogP contribution in [0.1, 0.15) is 30.1 Å². The highest BCUT2D eigenvalue weighted by Gasteiger charge is 2.18. The fourth-order valence-corrected chi connectivity index (χ4v) is 2.80. The van der Waals surface area contributed by atoms with E-state index >= 15 is 0 Å². The standard InChI is InChI=1S/C18H18N4O3/c1-2-3-7-20-18(23)13-10-21-22-14(6-8-19-17(13)22)12-4-5-15-16(9-12)25-11-24-15/h4-6,8-10H,2-3,7,11H2,1H3,(H,20,23). The number of nitrogens with zero attached hydrogens (tertiary/aromatic N) is 3. The molecule has 0 saturated carbocycles. The molecule has 1 aliphatic heterocycles. The molecule has 3 aromatic rings. The summed E-state index contributed by atoms with van der Waals surface area (Å²) in [5.41, 5.74) is 2.75. The Morgan fingerprint density at radius 2 is 2.16 bits per heavy atom. The van der Waals surface area contributed by atoms with Gasteiger partial charge in [0, 0.05) is 18.3 Å². The lowest BCUT2D eigenvalue weighted by Gasteiger charge is -2.06. The summed E-state index contributed by atoms with van der Waals surface area (Å²) in [6, 6.07) is 7.56. The van der Waals surface area contributed by atoms with E-state index in [-0.39, 0.29) is 12.7 Å². The molecule has 1 amide bonds. The number of benzene rings is 1. The summed E-state index contributed by atoms with van der Waals surface area (Å²) < 4.78 is 12.5. The lowest BCUT2D eigenvalue weighted by molar-refractivity contribution is 0.0954. The Morgan fingerprint density at radius 1 is 1.28 bits per heavy atom. The first-order valence-corrected chi connectivity index (χ1v) is 8.29. The number of hydrogen-bond donors (Lipinski definition) is 1. The molecule has 25 heavy (non-hydrogen) atoms. The Balaban J connectivity index is 1.71. The van der Waals surface area contributed by atoms with Gasteiger partial charge < -0.3 is 14.8 Å². The van der Waals surface area contributed by atoms with E-state index in [4.69, 9.17) is 9.47 Å². The van der Waals surface area contributed by atoms with E-state index in [9.17, 15) is 4.79 Å². The Morgan fingerprint density at radius 3 is 3.04 bits per heavy atom. The van der Waals surface area contributed by atoms with Gasteiger partial charge in [-0.3, -0.25) is 4.79 Å². The maximum atomic E-state index is 12.4. The Kier molecular flexibility index (Phi) is 3.97. The van der Waals surface area contributed by atoms with E-state index in [1.165, 1.54) is 0 Å². The van der Waals surface area contributed by atoms with Gasteiger partial charge in [-0.15, -0.1) is 0 Å². The van der Waals surface area contributed by atoms with Crippen molar-refractivity contribution >= 4 is 11.6 Å². The highest BCUT2D eigenvalue weighted by atomic mass is 16.7. The largest absolute Gasteiger partial charge is 0.454 e. The second-order valence-electron chi connectivity index (χ2n) is 5.80. The number of nitrogens with one attached hydrogen (secondary N) is 1. The van der Waals surface area contributed by atoms with Crippen LogP contribution in [-0.2, 0) is 0 Å². The number of rotatable bonds is 5. The molecule has 0 fully saturated rings. The van der Waals surface area contributed by atoms with Gasteiger partial charge in [-0.2, -0.15) is 5.10 Å². The van der Waals surface area contributed by atoms with E-state index in [0.717, 1.165) is 29.8 Å². The van der Waals surface area contributed by atoms with Gasteiger partial charge in [0.15, 0.2) is 17.1 Å². The Bertz CT molecular complexity index is 935. The fourth-order valence-electron chi connectivity index (χ4n) is 2.80. The highest BCUT2D eigenvalue weighted by Crippen LogP contribution is 2.35. The minimum Gasteiger partial charge on any atom is -0.454 e. The third-order valence-corrected chi connectivity index (χ3v) is 4.13. The van der Waals surface area contributed by atoms with E-state index < -0.39 is 0 Å². The van der Waals surface area contributed by atoms with Crippen molar-refractivity contribution in [3.8, 4) is 22.8 Å². The highest BCUT2D eigenvalue weighted by molar-refractivity contribution is 5.99. The lowest BCUT2D eigenvalue weighted by atomic mass is 10.1. The number of carbonyl (C=O) groups excluding carboxylic acids is 1. The predicted octanol–water partition coefficient (Wildman–Crippen LogP) is 2.65.